The van der Waals surface area contributed by atoms with Gasteiger partial charge in [0.05, 0.1) is 0 Å². The molecule has 6 nitrogen and oxygen atoms in total. The van der Waals surface area contributed by atoms with E-state index in [0.717, 1.165) is 19.4 Å². The zero-order valence-electron chi connectivity index (χ0n) is 14.4. The van der Waals surface area contributed by atoms with Gasteiger partial charge in [0.25, 0.3) is 0 Å². The average molecular weight is 426 g/mol. The number of amides is 1. The van der Waals surface area contributed by atoms with Crippen LogP contribution in [0.3, 0.4) is 0 Å². The van der Waals surface area contributed by atoms with Gasteiger partial charge in [-0.2, -0.15) is 0 Å². The maximum Gasteiger partial charge on any atom is 0.410 e. The van der Waals surface area contributed by atoms with Gasteiger partial charge in [-0.25, -0.2) is 4.79 Å². The molecule has 1 amide bonds. The van der Waals surface area contributed by atoms with E-state index in [4.69, 9.17) is 10.5 Å². The van der Waals surface area contributed by atoms with Gasteiger partial charge in [0.2, 0.25) is 0 Å². The Morgan fingerprint density at radius 2 is 2.09 bits per heavy atom. The first-order valence-electron chi connectivity index (χ1n) is 7.72. The summed E-state index contributed by atoms with van der Waals surface area (Å²) in [7, 11) is 0. The van der Waals surface area contributed by atoms with Gasteiger partial charge in [0.1, 0.15) is 5.60 Å². The minimum absolute atomic E-state index is 0. The maximum absolute atomic E-state index is 12.1. The third-order valence-electron chi connectivity index (χ3n) is 3.13. The second-order valence-electron chi connectivity index (χ2n) is 6.96. The lowest BCUT2D eigenvalue weighted by Crippen LogP contribution is -2.44. The summed E-state index contributed by atoms with van der Waals surface area (Å²) in [6.07, 6.45) is 1.82. The van der Waals surface area contributed by atoms with E-state index >= 15 is 0 Å². The molecule has 1 unspecified atom stereocenters. The molecule has 0 aromatic carbocycles. The fourth-order valence-electron chi connectivity index (χ4n) is 2.28. The number of nitrogens with two attached hydrogens (primary N) is 1. The minimum atomic E-state index is -0.451. The lowest BCUT2D eigenvalue weighted by atomic mass is 9.98. The quantitative estimate of drug-likeness (QED) is 0.413. The number of aliphatic imine (C=N–C) groups is 1. The lowest BCUT2D eigenvalue weighted by Gasteiger charge is -2.33. The van der Waals surface area contributed by atoms with E-state index in [2.05, 4.69) is 10.3 Å². The monoisotopic (exact) mass is 426 g/mol. The first-order valence-corrected chi connectivity index (χ1v) is 7.72. The van der Waals surface area contributed by atoms with Crippen molar-refractivity contribution in [3.63, 3.8) is 0 Å². The second-order valence-corrected chi connectivity index (χ2v) is 6.96. The van der Waals surface area contributed by atoms with Gasteiger partial charge in [-0.05, 0) is 53.4 Å². The number of carbonyl (C=O) groups excluding carboxylic acids is 1. The number of rotatable bonds is 3. The van der Waals surface area contributed by atoms with E-state index in [1.807, 2.05) is 34.6 Å². The van der Waals surface area contributed by atoms with Crippen LogP contribution >= 0.6 is 24.0 Å². The van der Waals surface area contributed by atoms with Gasteiger partial charge in [-0.3, -0.25) is 4.99 Å². The molecule has 130 valence electrons. The summed E-state index contributed by atoms with van der Waals surface area (Å²) in [6, 6.07) is 0.276. The van der Waals surface area contributed by atoms with Gasteiger partial charge in [0, 0.05) is 25.7 Å². The highest BCUT2D eigenvalue weighted by atomic mass is 127. The molecule has 0 radical (unpaired) electrons. The Morgan fingerprint density at radius 1 is 1.45 bits per heavy atom. The first-order chi connectivity index (χ1) is 9.67. The summed E-state index contributed by atoms with van der Waals surface area (Å²) in [5.74, 6) is 0.818. The van der Waals surface area contributed by atoms with Crippen LogP contribution in [0.1, 0.15) is 47.5 Å². The maximum atomic E-state index is 12.1. The number of ether oxygens (including phenoxy) is 1. The number of nitrogens with one attached hydrogen (secondary N) is 1. The van der Waals surface area contributed by atoms with E-state index < -0.39 is 5.60 Å². The van der Waals surface area contributed by atoms with Crippen LogP contribution in [-0.2, 0) is 4.74 Å². The lowest BCUT2D eigenvalue weighted by molar-refractivity contribution is 0.0171. The largest absolute Gasteiger partial charge is 0.444 e. The van der Waals surface area contributed by atoms with Crippen molar-refractivity contribution < 1.29 is 9.53 Å². The predicted molar refractivity (Wildman–Crippen MR) is 101 cm³/mol. The SMILES string of the molecule is CC(C)NC(N)=NCC1CCCN(C(=O)OC(C)(C)C)C1.I. The Hall–Kier alpha value is -0.730. The fraction of sp³-hybridized carbons (Fsp3) is 0.867. The number of hydrogen-bond acceptors (Lipinski definition) is 3. The molecule has 1 saturated heterocycles. The van der Waals surface area contributed by atoms with Crippen LogP contribution in [0, 0.1) is 5.92 Å². The van der Waals surface area contributed by atoms with E-state index in [-0.39, 0.29) is 36.1 Å². The molecule has 0 bridgehead atoms. The zero-order valence-corrected chi connectivity index (χ0v) is 16.7. The standard InChI is InChI=1S/C15H30N4O2.HI/c1-11(2)18-13(16)17-9-12-7-6-8-19(10-12)14(20)21-15(3,4)5;/h11-12H,6-10H2,1-5H3,(H3,16,17,18);1H. The van der Waals surface area contributed by atoms with Crippen molar-refractivity contribution in [2.45, 2.75) is 59.1 Å². The summed E-state index contributed by atoms with van der Waals surface area (Å²) >= 11 is 0. The minimum Gasteiger partial charge on any atom is -0.444 e. The molecule has 1 rings (SSSR count). The number of hydrogen-bond donors (Lipinski definition) is 2. The van der Waals surface area contributed by atoms with Crippen molar-refractivity contribution in [2.24, 2.45) is 16.6 Å². The number of halogens is 1. The van der Waals surface area contributed by atoms with Crippen LogP contribution in [0.25, 0.3) is 0 Å². The van der Waals surface area contributed by atoms with E-state index in [9.17, 15) is 4.79 Å². The van der Waals surface area contributed by atoms with Crippen LogP contribution in [0.5, 0.6) is 0 Å². The van der Waals surface area contributed by atoms with Gasteiger partial charge in [-0.1, -0.05) is 0 Å². The highest BCUT2D eigenvalue weighted by Gasteiger charge is 2.27. The molecule has 1 aliphatic heterocycles. The Kier molecular flexibility index (Phi) is 9.11. The second kappa shape index (κ2) is 9.42. The average Bonchev–Trinajstić information content (AvgIpc) is 2.34. The van der Waals surface area contributed by atoms with Crippen molar-refractivity contribution in [1.29, 1.82) is 0 Å². The third-order valence-corrected chi connectivity index (χ3v) is 3.13. The molecule has 0 aromatic rings. The number of carbonyl (C=O) groups is 1. The van der Waals surface area contributed by atoms with Gasteiger partial charge in [0.15, 0.2) is 5.96 Å². The number of piperidine rings is 1. The number of nitrogens with zero attached hydrogens (tertiary/aromatic N) is 2. The summed E-state index contributed by atoms with van der Waals surface area (Å²) in [4.78, 5) is 18.2. The smallest absolute Gasteiger partial charge is 0.410 e. The Balaban J connectivity index is 0.00000441. The zero-order chi connectivity index (χ0) is 16.0. The van der Waals surface area contributed by atoms with E-state index in [1.165, 1.54) is 0 Å². The van der Waals surface area contributed by atoms with E-state index in [1.54, 1.807) is 4.90 Å². The summed E-state index contributed by atoms with van der Waals surface area (Å²) in [5.41, 5.74) is 5.35. The number of likely N-dealkylation sites (tertiary alicyclic amines) is 1. The molecule has 1 aliphatic rings. The summed E-state index contributed by atoms with van der Waals surface area (Å²) < 4.78 is 5.42. The van der Waals surface area contributed by atoms with Gasteiger partial charge >= 0.3 is 6.09 Å². The molecule has 1 atom stereocenters. The molecule has 1 heterocycles. The van der Waals surface area contributed by atoms with Crippen LogP contribution in [-0.4, -0.2) is 48.2 Å². The fourth-order valence-corrected chi connectivity index (χ4v) is 2.28. The molecular weight excluding hydrogens is 395 g/mol. The molecule has 3 N–H and O–H groups in total. The predicted octanol–water partition coefficient (Wildman–Crippen LogP) is 2.56. The molecule has 0 aliphatic carbocycles. The molecule has 0 aromatic heterocycles. The first kappa shape index (κ1) is 21.3. The van der Waals surface area contributed by atoms with Crippen LogP contribution < -0.4 is 11.1 Å². The Morgan fingerprint density at radius 3 is 2.64 bits per heavy atom. The summed E-state index contributed by atoms with van der Waals surface area (Å²) in [5, 5.41) is 3.07. The van der Waals surface area contributed by atoms with Crippen LogP contribution in [0.15, 0.2) is 4.99 Å². The topological polar surface area (TPSA) is 80.0 Å². The molecule has 7 heteroatoms. The van der Waals surface area contributed by atoms with Crippen molar-refractivity contribution in [2.75, 3.05) is 19.6 Å². The highest BCUT2D eigenvalue weighted by Crippen LogP contribution is 2.19. The summed E-state index contributed by atoms with van der Waals surface area (Å²) in [6.45, 7) is 11.8. The van der Waals surface area contributed by atoms with Gasteiger partial charge in [-0.15, -0.1) is 24.0 Å². The number of guanidine groups is 1. The van der Waals surface area contributed by atoms with Crippen molar-refractivity contribution in [3.05, 3.63) is 0 Å². The molecule has 1 fully saturated rings. The third kappa shape index (κ3) is 8.65. The molecule has 0 spiro atoms. The van der Waals surface area contributed by atoms with Crippen LogP contribution in [0.4, 0.5) is 4.79 Å². The van der Waals surface area contributed by atoms with E-state index in [0.29, 0.717) is 25.0 Å². The Bertz CT molecular complexity index is 380. The van der Waals surface area contributed by atoms with Crippen molar-refractivity contribution in [1.82, 2.24) is 10.2 Å². The van der Waals surface area contributed by atoms with Crippen molar-refractivity contribution >= 4 is 36.0 Å². The normalized spacial score (nSPS) is 19.6. The van der Waals surface area contributed by atoms with Crippen molar-refractivity contribution in [3.8, 4) is 0 Å². The van der Waals surface area contributed by atoms with Gasteiger partial charge < -0.3 is 20.7 Å². The van der Waals surface area contributed by atoms with Crippen LogP contribution in [0.2, 0.25) is 0 Å². The highest BCUT2D eigenvalue weighted by molar-refractivity contribution is 14.0. The Labute approximate surface area is 151 Å². The molecule has 22 heavy (non-hydrogen) atoms. The molecular formula is C15H31IN4O2. The molecule has 0 saturated carbocycles.